The maximum absolute atomic E-state index is 9.17. The van der Waals surface area contributed by atoms with E-state index in [1.165, 1.54) is 24.8 Å². The average Bonchev–Trinajstić information content (AvgIpc) is 2.76. The Kier molecular flexibility index (Phi) is 2.27. The van der Waals surface area contributed by atoms with Crippen LogP contribution in [0.2, 0.25) is 0 Å². The third kappa shape index (κ3) is 1.98. The first-order valence-corrected chi connectivity index (χ1v) is 3.59. The van der Waals surface area contributed by atoms with Crippen molar-refractivity contribution in [3.8, 4) is 0 Å². The molecule has 2 rings (SSSR count). The summed E-state index contributed by atoms with van der Waals surface area (Å²) in [6.45, 7) is 0. The van der Waals surface area contributed by atoms with Gasteiger partial charge in [-0.15, -0.1) is 10.2 Å². The van der Waals surface area contributed by atoms with Gasteiger partial charge in [0.25, 0.3) is 0 Å². The number of nitrogens with zero attached hydrogens (tertiary/aromatic N) is 6. The number of hydrogen-bond acceptors (Lipinski definition) is 7. The van der Waals surface area contributed by atoms with Crippen LogP contribution in [0, 0.1) is 0 Å². The van der Waals surface area contributed by atoms with Gasteiger partial charge in [-0.3, -0.25) is 0 Å². The van der Waals surface area contributed by atoms with Crippen LogP contribution in [0.3, 0.4) is 0 Å². The van der Waals surface area contributed by atoms with Crippen LogP contribution < -0.4 is 9.51 Å². The molecule has 0 spiro atoms. The molecule has 72 valence electrons. The zero-order valence-corrected chi connectivity index (χ0v) is 6.83. The molecule has 0 aromatic carbocycles. The standard InChI is InChI=1S/C4H5BN6O3/c12-5(13-10-3-1-6-8-10)14-11-4-2-7-9-11/h1-4,12H. The smallest absolute Gasteiger partial charge is 0.392 e. The predicted molar refractivity (Wildman–Crippen MR) is 41.2 cm³/mol. The molecular weight excluding hydrogens is 191 g/mol. The second-order valence-electron chi connectivity index (χ2n) is 2.13. The normalized spacial score (nSPS) is 9.79. The topological polar surface area (TPSA) is 100 Å². The maximum atomic E-state index is 9.17. The van der Waals surface area contributed by atoms with E-state index < -0.39 is 7.32 Å². The summed E-state index contributed by atoms with van der Waals surface area (Å²) < 4.78 is 9.43. The van der Waals surface area contributed by atoms with Crippen molar-refractivity contribution in [1.29, 1.82) is 0 Å². The van der Waals surface area contributed by atoms with Crippen molar-refractivity contribution in [1.82, 2.24) is 30.3 Å². The van der Waals surface area contributed by atoms with Crippen molar-refractivity contribution in [3.05, 3.63) is 24.8 Å². The summed E-state index contributed by atoms with van der Waals surface area (Å²) in [5.41, 5.74) is 0. The lowest BCUT2D eigenvalue weighted by atomic mass is 10.3. The molecule has 9 nitrogen and oxygen atoms in total. The molecule has 0 fully saturated rings. The first kappa shape index (κ1) is 8.50. The molecule has 0 unspecified atom stereocenters. The highest BCUT2D eigenvalue weighted by Crippen LogP contribution is 1.80. The largest absolute Gasteiger partial charge is 0.828 e. The van der Waals surface area contributed by atoms with Crippen molar-refractivity contribution >= 4 is 7.32 Å². The number of rotatable bonds is 4. The highest BCUT2D eigenvalue weighted by molar-refractivity contribution is 6.34. The van der Waals surface area contributed by atoms with Gasteiger partial charge in [0.15, 0.2) is 0 Å². The summed E-state index contributed by atoms with van der Waals surface area (Å²) in [5.74, 6) is 0. The zero-order chi connectivity index (χ0) is 9.80. The molecule has 0 aliphatic carbocycles. The molecule has 0 aliphatic heterocycles. The van der Waals surface area contributed by atoms with Gasteiger partial charge in [0.05, 0.1) is 24.8 Å². The summed E-state index contributed by atoms with van der Waals surface area (Å²) in [5, 5.41) is 23.0. The molecule has 10 heteroatoms. The van der Waals surface area contributed by atoms with Gasteiger partial charge in [-0.1, -0.05) is 9.69 Å². The summed E-state index contributed by atoms with van der Waals surface area (Å²) in [4.78, 5) is 1.89. The highest BCUT2D eigenvalue weighted by Gasteiger charge is 2.23. The van der Waals surface area contributed by atoms with Crippen LogP contribution in [0.5, 0.6) is 0 Å². The van der Waals surface area contributed by atoms with Crippen LogP contribution in [0.25, 0.3) is 0 Å². The van der Waals surface area contributed by atoms with E-state index in [4.69, 9.17) is 9.51 Å². The Hall–Kier alpha value is -2.10. The number of hydrogen-bond donors (Lipinski definition) is 1. The second-order valence-corrected chi connectivity index (χ2v) is 2.13. The van der Waals surface area contributed by atoms with Crippen LogP contribution in [0.4, 0.5) is 0 Å². The van der Waals surface area contributed by atoms with Gasteiger partial charge in [-0.2, -0.15) is 0 Å². The lowest BCUT2D eigenvalue weighted by Gasteiger charge is -2.06. The summed E-state index contributed by atoms with van der Waals surface area (Å²) >= 11 is 0. The minimum absolute atomic E-state index is 0.946. The van der Waals surface area contributed by atoms with Crippen LogP contribution in [0.1, 0.15) is 0 Å². The van der Waals surface area contributed by atoms with E-state index in [1.54, 1.807) is 0 Å². The number of aromatic nitrogens is 6. The first-order valence-electron chi connectivity index (χ1n) is 3.59. The molecule has 0 bridgehead atoms. The quantitative estimate of drug-likeness (QED) is 0.535. The van der Waals surface area contributed by atoms with Crippen LogP contribution in [0.15, 0.2) is 24.8 Å². The summed E-state index contributed by atoms with van der Waals surface area (Å²) in [6.07, 6.45) is 5.58. The molecule has 0 amide bonds. The van der Waals surface area contributed by atoms with Crippen LogP contribution in [-0.4, -0.2) is 42.7 Å². The fourth-order valence-corrected chi connectivity index (χ4v) is 0.711. The van der Waals surface area contributed by atoms with Crippen LogP contribution in [-0.2, 0) is 0 Å². The van der Waals surface area contributed by atoms with E-state index in [-0.39, 0.29) is 0 Å². The predicted octanol–water partition coefficient (Wildman–Crippen LogP) is -2.60. The van der Waals surface area contributed by atoms with Gasteiger partial charge in [0.1, 0.15) is 0 Å². The van der Waals surface area contributed by atoms with E-state index >= 15 is 0 Å². The Morgan fingerprint density at radius 3 is 1.86 bits per heavy atom. The van der Waals surface area contributed by atoms with E-state index in [1.807, 2.05) is 0 Å². The monoisotopic (exact) mass is 196 g/mol. The lowest BCUT2D eigenvalue weighted by Crippen LogP contribution is -2.40. The van der Waals surface area contributed by atoms with Crippen molar-refractivity contribution in [2.75, 3.05) is 0 Å². The molecular formula is C4H5BN6O3. The molecule has 0 atom stereocenters. The SMILES string of the molecule is OB(On1ccnn1)On1ccnn1. The third-order valence-electron chi connectivity index (χ3n) is 1.20. The van der Waals surface area contributed by atoms with Crippen LogP contribution >= 0.6 is 0 Å². The summed E-state index contributed by atoms with van der Waals surface area (Å²) in [7, 11) is -1.54. The van der Waals surface area contributed by atoms with Gasteiger partial charge in [-0.05, 0) is 10.4 Å². The van der Waals surface area contributed by atoms with Gasteiger partial charge >= 0.3 is 7.32 Å². The third-order valence-corrected chi connectivity index (χ3v) is 1.20. The Morgan fingerprint density at radius 2 is 1.50 bits per heavy atom. The maximum Gasteiger partial charge on any atom is 0.828 e. The Balaban J connectivity index is 1.88. The van der Waals surface area contributed by atoms with E-state index in [0.717, 1.165) is 9.69 Å². The van der Waals surface area contributed by atoms with Crippen molar-refractivity contribution in [3.63, 3.8) is 0 Å². The van der Waals surface area contributed by atoms with Gasteiger partial charge in [-0.25, -0.2) is 0 Å². The molecule has 2 aromatic rings. The zero-order valence-electron chi connectivity index (χ0n) is 6.83. The van der Waals surface area contributed by atoms with E-state index in [2.05, 4.69) is 20.6 Å². The summed E-state index contributed by atoms with van der Waals surface area (Å²) in [6, 6.07) is 0. The molecule has 2 heterocycles. The van der Waals surface area contributed by atoms with Crippen molar-refractivity contribution < 1.29 is 14.5 Å². The van der Waals surface area contributed by atoms with Crippen molar-refractivity contribution in [2.45, 2.75) is 0 Å². The lowest BCUT2D eigenvalue weighted by molar-refractivity contribution is 0.0781. The minimum Gasteiger partial charge on any atom is -0.392 e. The Labute approximate surface area is 77.9 Å². The van der Waals surface area contributed by atoms with Gasteiger partial charge in [0, 0.05) is 0 Å². The Morgan fingerprint density at radius 1 is 1.00 bits per heavy atom. The van der Waals surface area contributed by atoms with Crippen molar-refractivity contribution in [2.24, 2.45) is 0 Å². The molecule has 0 saturated heterocycles. The fourth-order valence-electron chi connectivity index (χ4n) is 0.711. The molecule has 0 saturated carbocycles. The van der Waals surface area contributed by atoms with Gasteiger partial charge in [0.2, 0.25) is 0 Å². The fraction of sp³-hybridized carbons (Fsp3) is 0. The Bertz CT molecular complexity index is 326. The molecule has 0 aliphatic rings. The van der Waals surface area contributed by atoms with Gasteiger partial charge < -0.3 is 14.5 Å². The molecule has 14 heavy (non-hydrogen) atoms. The first-order chi connectivity index (χ1) is 6.84. The minimum atomic E-state index is -1.54. The molecule has 1 N–H and O–H groups in total. The van der Waals surface area contributed by atoms with E-state index in [9.17, 15) is 5.02 Å². The second kappa shape index (κ2) is 3.74. The molecule has 0 radical (unpaired) electrons. The average molecular weight is 196 g/mol. The molecule has 2 aromatic heterocycles. The highest BCUT2D eigenvalue weighted by atomic mass is 16.8. The van der Waals surface area contributed by atoms with E-state index in [0.29, 0.717) is 0 Å².